The van der Waals surface area contributed by atoms with E-state index in [4.69, 9.17) is 10.00 Å². The van der Waals surface area contributed by atoms with Gasteiger partial charge in [-0.3, -0.25) is 9.36 Å². The molecular weight excluding hydrogens is 280 g/mol. The lowest BCUT2D eigenvalue weighted by atomic mass is 10.1. The first-order valence-corrected chi connectivity index (χ1v) is 8.00. The summed E-state index contributed by atoms with van der Waals surface area (Å²) in [6, 6.07) is 3.34. The van der Waals surface area contributed by atoms with E-state index in [-0.39, 0.29) is 23.1 Å². The van der Waals surface area contributed by atoms with Gasteiger partial charge in [0.1, 0.15) is 11.6 Å². The third-order valence-electron chi connectivity index (χ3n) is 3.73. The van der Waals surface area contributed by atoms with Gasteiger partial charge in [-0.1, -0.05) is 26.7 Å². The molecule has 0 amide bonds. The van der Waals surface area contributed by atoms with E-state index in [0.29, 0.717) is 18.5 Å². The highest BCUT2D eigenvalue weighted by Crippen LogP contribution is 2.19. The Morgan fingerprint density at radius 3 is 2.68 bits per heavy atom. The van der Waals surface area contributed by atoms with Crippen molar-refractivity contribution >= 4 is 0 Å². The van der Waals surface area contributed by atoms with Crippen LogP contribution in [-0.4, -0.2) is 22.4 Å². The SMILES string of the molecule is CCCCOC(CCC)CCn1c(O)c(C#N)c(C)cc1=O. The summed E-state index contributed by atoms with van der Waals surface area (Å²) in [4.78, 5) is 12.0. The molecule has 0 radical (unpaired) electrons. The second-order valence-electron chi connectivity index (χ2n) is 5.55. The number of rotatable bonds is 9. The monoisotopic (exact) mass is 306 g/mol. The Kier molecular flexibility index (Phi) is 7.69. The van der Waals surface area contributed by atoms with E-state index >= 15 is 0 Å². The molecule has 1 atom stereocenters. The third kappa shape index (κ3) is 4.88. The van der Waals surface area contributed by atoms with Crippen LogP contribution in [0.3, 0.4) is 0 Å². The molecule has 0 fully saturated rings. The molecule has 0 aliphatic rings. The van der Waals surface area contributed by atoms with Gasteiger partial charge in [-0.05, 0) is 31.7 Å². The van der Waals surface area contributed by atoms with Gasteiger partial charge in [-0.2, -0.15) is 5.26 Å². The van der Waals surface area contributed by atoms with Gasteiger partial charge in [0.05, 0.1) is 6.10 Å². The minimum absolute atomic E-state index is 0.0784. The highest BCUT2D eigenvalue weighted by atomic mass is 16.5. The molecule has 0 aliphatic carbocycles. The van der Waals surface area contributed by atoms with Crippen molar-refractivity contribution in [2.45, 2.75) is 65.5 Å². The molecule has 5 nitrogen and oxygen atoms in total. The Morgan fingerprint density at radius 2 is 2.09 bits per heavy atom. The minimum Gasteiger partial charge on any atom is -0.493 e. The summed E-state index contributed by atoms with van der Waals surface area (Å²) in [6.45, 7) is 6.94. The number of pyridine rings is 1. The van der Waals surface area contributed by atoms with E-state index in [0.717, 1.165) is 32.3 Å². The van der Waals surface area contributed by atoms with Gasteiger partial charge in [0.2, 0.25) is 5.88 Å². The predicted molar refractivity (Wildman–Crippen MR) is 86.0 cm³/mol. The van der Waals surface area contributed by atoms with Crippen molar-refractivity contribution in [3.8, 4) is 11.9 Å². The Morgan fingerprint density at radius 1 is 1.36 bits per heavy atom. The number of nitrogens with zero attached hydrogens (tertiary/aromatic N) is 2. The van der Waals surface area contributed by atoms with Gasteiger partial charge >= 0.3 is 0 Å². The maximum atomic E-state index is 12.0. The lowest BCUT2D eigenvalue weighted by Crippen LogP contribution is -2.24. The highest BCUT2D eigenvalue weighted by molar-refractivity contribution is 5.43. The van der Waals surface area contributed by atoms with Crippen molar-refractivity contribution in [1.82, 2.24) is 4.57 Å². The van der Waals surface area contributed by atoms with E-state index in [9.17, 15) is 9.90 Å². The largest absolute Gasteiger partial charge is 0.493 e. The van der Waals surface area contributed by atoms with Crippen molar-refractivity contribution in [3.05, 3.63) is 27.5 Å². The van der Waals surface area contributed by atoms with Crippen LogP contribution in [0.5, 0.6) is 5.88 Å². The number of aromatic hydroxyl groups is 1. The molecule has 1 unspecified atom stereocenters. The van der Waals surface area contributed by atoms with Gasteiger partial charge in [-0.15, -0.1) is 0 Å². The van der Waals surface area contributed by atoms with Crippen LogP contribution >= 0.6 is 0 Å². The number of aryl methyl sites for hydroxylation is 1. The van der Waals surface area contributed by atoms with Crippen molar-refractivity contribution in [2.24, 2.45) is 0 Å². The van der Waals surface area contributed by atoms with Gasteiger partial charge in [-0.25, -0.2) is 0 Å². The molecule has 0 aliphatic heterocycles. The first kappa shape index (κ1) is 18.2. The van der Waals surface area contributed by atoms with Gasteiger partial charge < -0.3 is 9.84 Å². The molecule has 1 aromatic rings. The lowest BCUT2D eigenvalue weighted by Gasteiger charge is -2.18. The zero-order valence-corrected chi connectivity index (χ0v) is 13.8. The van der Waals surface area contributed by atoms with E-state index < -0.39 is 0 Å². The first-order chi connectivity index (χ1) is 10.5. The van der Waals surface area contributed by atoms with Gasteiger partial charge in [0, 0.05) is 19.2 Å². The standard InChI is InChI=1S/C17H26N2O3/c1-4-6-10-22-14(7-5-2)8-9-19-16(20)11-13(3)15(12-18)17(19)21/h11,14,21H,4-10H2,1-3H3. The fourth-order valence-corrected chi connectivity index (χ4v) is 2.41. The number of ether oxygens (including phenoxy) is 1. The zero-order valence-electron chi connectivity index (χ0n) is 13.8. The number of nitriles is 1. The Balaban J connectivity index is 2.81. The number of hydrogen-bond acceptors (Lipinski definition) is 4. The van der Waals surface area contributed by atoms with E-state index in [1.54, 1.807) is 6.92 Å². The Bertz CT molecular complexity index is 572. The summed E-state index contributed by atoms with van der Waals surface area (Å²) in [5.41, 5.74) is 0.391. The smallest absolute Gasteiger partial charge is 0.253 e. The molecule has 1 aromatic heterocycles. The minimum atomic E-state index is -0.280. The van der Waals surface area contributed by atoms with Crippen molar-refractivity contribution in [2.75, 3.05) is 6.61 Å². The molecule has 0 aromatic carbocycles. The average Bonchev–Trinajstić information content (AvgIpc) is 2.47. The molecule has 0 bridgehead atoms. The van der Waals surface area contributed by atoms with Crippen LogP contribution in [0.1, 0.15) is 57.1 Å². The Hall–Kier alpha value is -1.80. The molecule has 1 N–H and O–H groups in total. The van der Waals surface area contributed by atoms with Crippen molar-refractivity contribution < 1.29 is 9.84 Å². The molecule has 0 saturated heterocycles. The number of unbranched alkanes of at least 4 members (excludes halogenated alkanes) is 1. The molecule has 122 valence electrons. The highest BCUT2D eigenvalue weighted by Gasteiger charge is 2.14. The molecule has 22 heavy (non-hydrogen) atoms. The maximum Gasteiger partial charge on any atom is 0.253 e. The third-order valence-corrected chi connectivity index (χ3v) is 3.73. The van der Waals surface area contributed by atoms with Crippen LogP contribution < -0.4 is 5.56 Å². The summed E-state index contributed by atoms with van der Waals surface area (Å²) in [5, 5.41) is 19.2. The van der Waals surface area contributed by atoms with Crippen LogP contribution in [0.4, 0.5) is 0 Å². The molecule has 1 heterocycles. The summed E-state index contributed by atoms with van der Waals surface area (Å²) < 4.78 is 7.10. The molecule has 5 heteroatoms. The van der Waals surface area contributed by atoms with E-state index in [1.807, 2.05) is 6.07 Å². The van der Waals surface area contributed by atoms with Crippen LogP contribution in [-0.2, 0) is 11.3 Å². The average molecular weight is 306 g/mol. The molecule has 1 rings (SSSR count). The second-order valence-corrected chi connectivity index (χ2v) is 5.55. The summed E-state index contributed by atoms with van der Waals surface area (Å²) in [5.74, 6) is -0.240. The fraction of sp³-hybridized carbons (Fsp3) is 0.647. The summed E-state index contributed by atoms with van der Waals surface area (Å²) in [7, 11) is 0. The summed E-state index contributed by atoms with van der Waals surface area (Å²) >= 11 is 0. The van der Waals surface area contributed by atoms with Crippen LogP contribution in [0.2, 0.25) is 0 Å². The lowest BCUT2D eigenvalue weighted by molar-refractivity contribution is 0.0361. The van der Waals surface area contributed by atoms with Crippen molar-refractivity contribution in [3.63, 3.8) is 0 Å². The molecule has 0 saturated carbocycles. The van der Waals surface area contributed by atoms with Gasteiger partial charge in [0.15, 0.2) is 0 Å². The summed E-state index contributed by atoms with van der Waals surface area (Å²) in [6.07, 6.45) is 4.77. The molecular formula is C17H26N2O3. The second kappa shape index (κ2) is 9.26. The zero-order chi connectivity index (χ0) is 16.5. The topological polar surface area (TPSA) is 75.2 Å². The van der Waals surface area contributed by atoms with Gasteiger partial charge in [0.25, 0.3) is 5.56 Å². The first-order valence-electron chi connectivity index (χ1n) is 8.00. The Labute approximate surface area is 132 Å². The van der Waals surface area contributed by atoms with E-state index in [2.05, 4.69) is 13.8 Å². The molecule has 0 spiro atoms. The normalized spacial score (nSPS) is 12.1. The van der Waals surface area contributed by atoms with Crippen LogP contribution in [0, 0.1) is 18.3 Å². The number of aromatic nitrogens is 1. The fourth-order valence-electron chi connectivity index (χ4n) is 2.41. The van der Waals surface area contributed by atoms with E-state index in [1.165, 1.54) is 10.6 Å². The number of hydrogen-bond donors (Lipinski definition) is 1. The van der Waals surface area contributed by atoms with Crippen LogP contribution in [0.15, 0.2) is 10.9 Å². The van der Waals surface area contributed by atoms with Crippen molar-refractivity contribution in [1.29, 1.82) is 5.26 Å². The van der Waals surface area contributed by atoms with Crippen LogP contribution in [0.25, 0.3) is 0 Å². The maximum absolute atomic E-state index is 12.0. The quantitative estimate of drug-likeness (QED) is 0.711. The predicted octanol–water partition coefficient (Wildman–Crippen LogP) is 3.11.